The normalized spacial score (nSPS) is 19.4. The van der Waals surface area contributed by atoms with Crippen LogP contribution in [0.1, 0.15) is 149 Å². The van der Waals surface area contributed by atoms with Crippen LogP contribution in [-0.4, -0.2) is 108 Å². The minimum atomic E-state index is -1.80. The summed E-state index contributed by atoms with van der Waals surface area (Å²) in [5.74, 6) is -0.257. The van der Waals surface area contributed by atoms with Gasteiger partial charge < -0.3 is 35.3 Å². The lowest BCUT2D eigenvalue weighted by Gasteiger charge is -2.36. The summed E-state index contributed by atoms with van der Waals surface area (Å²) in [6, 6.07) is -0.773. The molecular formula is C35H68N2O7S. The van der Waals surface area contributed by atoms with E-state index >= 15 is 0 Å². The van der Waals surface area contributed by atoms with Crippen LogP contribution in [0.3, 0.4) is 0 Å². The number of carbonyl (C=O) groups is 2. The Labute approximate surface area is 278 Å². The zero-order valence-corrected chi connectivity index (χ0v) is 29.6. The van der Waals surface area contributed by atoms with Crippen LogP contribution in [0.15, 0.2) is 0 Å². The molecule has 0 spiro atoms. The van der Waals surface area contributed by atoms with Gasteiger partial charge in [0.05, 0.1) is 6.61 Å². The molecule has 0 bridgehead atoms. The summed E-state index contributed by atoms with van der Waals surface area (Å²) in [6.45, 7) is 6.29. The number of unbranched alkanes of at least 4 members (excludes halogenated alkanes) is 18. The van der Waals surface area contributed by atoms with Crippen LogP contribution < -0.4 is 0 Å². The molecule has 6 atom stereocenters. The Morgan fingerprint density at radius 2 is 1.09 bits per heavy atom. The zero-order chi connectivity index (χ0) is 33.5. The van der Waals surface area contributed by atoms with Crippen molar-refractivity contribution >= 4 is 23.6 Å². The van der Waals surface area contributed by atoms with Crippen molar-refractivity contribution < 1.29 is 35.1 Å². The maximum Gasteiger partial charge on any atom is 0.246 e. The van der Waals surface area contributed by atoms with E-state index < -0.39 is 48.3 Å². The second-order valence-electron chi connectivity index (χ2n) is 13.1. The molecule has 0 saturated carbocycles. The Balaban J connectivity index is 2.73. The highest BCUT2D eigenvalue weighted by atomic mass is 32.2. The van der Waals surface area contributed by atoms with Gasteiger partial charge in [-0.15, -0.1) is 11.8 Å². The van der Waals surface area contributed by atoms with Crippen molar-refractivity contribution in [3.8, 4) is 0 Å². The molecule has 1 fully saturated rings. The third-order valence-electron chi connectivity index (χ3n) is 9.13. The number of aliphatic hydroxyl groups excluding tert-OH is 5. The molecule has 1 aliphatic heterocycles. The predicted molar refractivity (Wildman–Crippen MR) is 184 cm³/mol. The number of hydrogen-bond donors (Lipinski definition) is 5. The van der Waals surface area contributed by atoms with E-state index in [2.05, 4.69) is 13.8 Å². The first kappa shape index (κ1) is 42.1. The summed E-state index contributed by atoms with van der Waals surface area (Å²) in [5.41, 5.74) is 0. The minimum Gasteiger partial charge on any atom is -0.394 e. The first-order valence-corrected chi connectivity index (χ1v) is 19.3. The van der Waals surface area contributed by atoms with Gasteiger partial charge in [-0.05, 0) is 12.8 Å². The van der Waals surface area contributed by atoms with Gasteiger partial charge in [0.15, 0.2) is 0 Å². The molecule has 45 heavy (non-hydrogen) atoms. The van der Waals surface area contributed by atoms with Crippen molar-refractivity contribution in [3.63, 3.8) is 0 Å². The lowest BCUT2D eigenvalue weighted by molar-refractivity contribution is -0.150. The Bertz CT molecular complexity index is 738. The molecule has 1 rings (SSSR count). The largest absolute Gasteiger partial charge is 0.394 e. The van der Waals surface area contributed by atoms with E-state index in [0.717, 1.165) is 38.5 Å². The molecule has 1 heterocycles. The summed E-state index contributed by atoms with van der Waals surface area (Å²) < 4.78 is 0. The monoisotopic (exact) mass is 660 g/mol. The lowest BCUT2D eigenvalue weighted by atomic mass is 10.0. The Kier molecular flexibility index (Phi) is 24.4. The fourth-order valence-corrected chi connectivity index (χ4v) is 7.71. The Morgan fingerprint density at radius 1 is 0.689 bits per heavy atom. The van der Waals surface area contributed by atoms with E-state index in [4.69, 9.17) is 5.11 Å². The molecule has 2 amide bonds. The predicted octanol–water partition coefficient (Wildman–Crippen LogP) is 5.38. The van der Waals surface area contributed by atoms with Crippen LogP contribution in [0.25, 0.3) is 0 Å². The fraction of sp³-hybridized carbons (Fsp3) is 0.943. The van der Waals surface area contributed by atoms with Gasteiger partial charge in [0.1, 0.15) is 35.8 Å². The van der Waals surface area contributed by atoms with Crippen LogP contribution in [0, 0.1) is 0 Å². The molecular weight excluding hydrogens is 592 g/mol. The Morgan fingerprint density at radius 3 is 1.47 bits per heavy atom. The molecule has 1 saturated heterocycles. The van der Waals surface area contributed by atoms with E-state index in [1.165, 1.54) is 113 Å². The number of thioether (sulfide) groups is 1. The standard InChI is InChI=1S/C35H68N2O7S/c1-4-6-8-10-12-14-16-18-20-22-24-36(25-23-21-19-17-15-13-11-9-7-5-2)34(44)29-27-45-35(37(29)28(3)39)33(43)32(42)31(41)30(40)26-38/h29-33,35,38,40-43H,4-27H2,1-3H3/t29?,30-,31+,32+,33-,35?/m1/s1. The van der Waals surface area contributed by atoms with Gasteiger partial charge in [0, 0.05) is 25.8 Å². The van der Waals surface area contributed by atoms with Gasteiger partial charge in [-0.1, -0.05) is 129 Å². The van der Waals surface area contributed by atoms with Crippen LogP contribution in [0.2, 0.25) is 0 Å². The van der Waals surface area contributed by atoms with Crippen molar-refractivity contribution in [1.82, 2.24) is 9.80 Å². The first-order chi connectivity index (χ1) is 21.7. The molecule has 2 unspecified atom stereocenters. The second-order valence-corrected chi connectivity index (χ2v) is 14.2. The van der Waals surface area contributed by atoms with Gasteiger partial charge in [0.2, 0.25) is 11.8 Å². The van der Waals surface area contributed by atoms with Crippen LogP contribution in [-0.2, 0) is 9.59 Å². The van der Waals surface area contributed by atoms with Crippen LogP contribution >= 0.6 is 11.8 Å². The van der Waals surface area contributed by atoms with E-state index in [1.807, 2.05) is 4.90 Å². The smallest absolute Gasteiger partial charge is 0.246 e. The molecule has 0 aliphatic carbocycles. The number of carbonyl (C=O) groups excluding carboxylic acids is 2. The van der Waals surface area contributed by atoms with E-state index in [0.29, 0.717) is 13.1 Å². The maximum atomic E-state index is 13.9. The highest BCUT2D eigenvalue weighted by Crippen LogP contribution is 2.34. The minimum absolute atomic E-state index is 0.135. The average molecular weight is 661 g/mol. The highest BCUT2D eigenvalue weighted by molar-refractivity contribution is 8.00. The molecule has 0 aromatic carbocycles. The molecule has 5 N–H and O–H groups in total. The summed E-state index contributed by atoms with van der Waals surface area (Å²) in [7, 11) is 0. The second kappa shape index (κ2) is 26.1. The third kappa shape index (κ3) is 16.7. The van der Waals surface area contributed by atoms with Crippen molar-refractivity contribution in [2.45, 2.75) is 185 Å². The number of rotatable bonds is 28. The summed E-state index contributed by atoms with van der Waals surface area (Å²) in [6.07, 6.45) is 17.4. The molecule has 10 heteroatoms. The first-order valence-electron chi connectivity index (χ1n) is 18.2. The van der Waals surface area contributed by atoms with E-state index in [9.17, 15) is 30.0 Å². The molecule has 0 aromatic rings. The van der Waals surface area contributed by atoms with Gasteiger partial charge in [-0.3, -0.25) is 9.59 Å². The third-order valence-corrected chi connectivity index (χ3v) is 10.5. The van der Waals surface area contributed by atoms with Gasteiger partial charge >= 0.3 is 0 Å². The van der Waals surface area contributed by atoms with Crippen LogP contribution in [0.5, 0.6) is 0 Å². The molecule has 1 aliphatic rings. The Hall–Kier alpha value is -0.910. The number of aliphatic hydroxyl groups is 5. The SMILES string of the molecule is CCCCCCCCCCCCN(CCCCCCCCCCCC)C(=O)C1CSC([C@H](O)[C@@H](O)[C@@H](O)[C@H](O)CO)N1C(C)=O. The molecule has 266 valence electrons. The van der Waals surface area contributed by atoms with Crippen LogP contribution in [0.4, 0.5) is 0 Å². The summed E-state index contributed by atoms with van der Waals surface area (Å²) in [5, 5.41) is 49.4. The fourth-order valence-electron chi connectivity index (χ4n) is 6.21. The van der Waals surface area contributed by atoms with Crippen molar-refractivity contribution in [1.29, 1.82) is 0 Å². The average Bonchev–Trinajstić information content (AvgIpc) is 3.49. The maximum absolute atomic E-state index is 13.9. The number of nitrogens with zero attached hydrogens (tertiary/aromatic N) is 2. The van der Waals surface area contributed by atoms with Crippen molar-refractivity contribution in [2.75, 3.05) is 25.4 Å². The lowest BCUT2D eigenvalue weighted by Crippen LogP contribution is -2.57. The number of amides is 2. The quantitative estimate of drug-likeness (QED) is 0.0705. The van der Waals surface area contributed by atoms with E-state index in [-0.39, 0.29) is 11.7 Å². The van der Waals surface area contributed by atoms with Gasteiger partial charge in [0.25, 0.3) is 0 Å². The topological polar surface area (TPSA) is 142 Å². The van der Waals surface area contributed by atoms with Crippen molar-refractivity contribution in [2.24, 2.45) is 0 Å². The van der Waals surface area contributed by atoms with Gasteiger partial charge in [-0.2, -0.15) is 0 Å². The summed E-state index contributed by atoms with van der Waals surface area (Å²) in [4.78, 5) is 29.9. The van der Waals surface area contributed by atoms with E-state index in [1.54, 1.807) is 0 Å². The number of hydrogen-bond acceptors (Lipinski definition) is 8. The van der Waals surface area contributed by atoms with Gasteiger partial charge in [-0.25, -0.2) is 0 Å². The molecule has 0 radical (unpaired) electrons. The summed E-state index contributed by atoms with van der Waals surface area (Å²) >= 11 is 1.19. The molecule has 0 aromatic heterocycles. The highest BCUT2D eigenvalue weighted by Gasteiger charge is 2.47. The molecule has 9 nitrogen and oxygen atoms in total. The van der Waals surface area contributed by atoms with Crippen molar-refractivity contribution in [3.05, 3.63) is 0 Å². The zero-order valence-electron chi connectivity index (χ0n) is 28.8.